The van der Waals surface area contributed by atoms with E-state index in [2.05, 4.69) is 31.3 Å². The molecule has 1 saturated carbocycles. The fourth-order valence-electron chi connectivity index (χ4n) is 3.44. The highest BCUT2D eigenvalue weighted by Crippen LogP contribution is 2.40. The highest BCUT2D eigenvalue weighted by molar-refractivity contribution is 5.40. The van der Waals surface area contributed by atoms with E-state index in [-0.39, 0.29) is 0 Å². The third kappa shape index (κ3) is 3.99. The summed E-state index contributed by atoms with van der Waals surface area (Å²) in [6.45, 7) is 6.98. The lowest BCUT2D eigenvalue weighted by Crippen LogP contribution is -2.32. The Morgan fingerprint density at radius 3 is 2.45 bits per heavy atom. The minimum Gasteiger partial charge on any atom is -0.399 e. The normalized spacial score (nSPS) is 19.1. The first-order valence-corrected chi connectivity index (χ1v) is 8.21. The van der Waals surface area contributed by atoms with Gasteiger partial charge in [-0.05, 0) is 61.3 Å². The Bertz CT molecular complexity index is 390. The van der Waals surface area contributed by atoms with Crippen LogP contribution in [0.25, 0.3) is 0 Å². The van der Waals surface area contributed by atoms with Crippen LogP contribution < -0.4 is 11.1 Å². The number of anilines is 1. The van der Waals surface area contributed by atoms with Gasteiger partial charge in [0.05, 0.1) is 0 Å². The molecule has 1 aromatic rings. The van der Waals surface area contributed by atoms with Crippen LogP contribution >= 0.6 is 0 Å². The molecule has 1 unspecified atom stereocenters. The molecule has 1 fully saturated rings. The zero-order valence-corrected chi connectivity index (χ0v) is 13.1. The van der Waals surface area contributed by atoms with Gasteiger partial charge in [0.2, 0.25) is 0 Å². The first-order chi connectivity index (χ1) is 9.65. The summed E-state index contributed by atoms with van der Waals surface area (Å²) in [5.41, 5.74) is 8.58. The molecule has 0 spiro atoms. The topological polar surface area (TPSA) is 38.0 Å². The summed E-state index contributed by atoms with van der Waals surface area (Å²) in [5.74, 6) is 0.601. The summed E-state index contributed by atoms with van der Waals surface area (Å²) in [5, 5.41) is 3.71. The van der Waals surface area contributed by atoms with Gasteiger partial charge in [0, 0.05) is 12.2 Å². The number of benzene rings is 1. The Balaban J connectivity index is 1.71. The smallest absolute Gasteiger partial charge is 0.0314 e. The molecule has 1 aliphatic rings. The van der Waals surface area contributed by atoms with Crippen LogP contribution in [0.4, 0.5) is 5.69 Å². The van der Waals surface area contributed by atoms with Gasteiger partial charge < -0.3 is 11.1 Å². The molecule has 0 aromatic heterocycles. The highest BCUT2D eigenvalue weighted by atomic mass is 14.9. The fourth-order valence-corrected chi connectivity index (χ4v) is 3.44. The Morgan fingerprint density at radius 2 is 1.85 bits per heavy atom. The minimum absolute atomic E-state index is 0.601. The van der Waals surface area contributed by atoms with Crippen molar-refractivity contribution in [3.8, 4) is 0 Å². The van der Waals surface area contributed by atoms with Gasteiger partial charge in [-0.15, -0.1) is 0 Å². The van der Waals surface area contributed by atoms with E-state index in [0.717, 1.165) is 12.2 Å². The van der Waals surface area contributed by atoms with Crippen molar-refractivity contribution in [2.24, 2.45) is 5.41 Å². The second-order valence-corrected chi connectivity index (χ2v) is 6.59. The highest BCUT2D eigenvalue weighted by Gasteiger charge is 2.31. The van der Waals surface area contributed by atoms with Gasteiger partial charge >= 0.3 is 0 Å². The minimum atomic E-state index is 0.601. The molecule has 1 atom stereocenters. The quantitative estimate of drug-likeness (QED) is 0.574. The van der Waals surface area contributed by atoms with Crippen molar-refractivity contribution < 1.29 is 0 Å². The molecule has 0 radical (unpaired) electrons. The second kappa shape index (κ2) is 7.12. The van der Waals surface area contributed by atoms with Crippen LogP contribution in [0.15, 0.2) is 24.3 Å². The molecular weight excluding hydrogens is 244 g/mol. The summed E-state index contributed by atoms with van der Waals surface area (Å²) >= 11 is 0. The summed E-state index contributed by atoms with van der Waals surface area (Å²) in [4.78, 5) is 0. The molecule has 0 heterocycles. The summed E-state index contributed by atoms with van der Waals surface area (Å²) < 4.78 is 0. The summed E-state index contributed by atoms with van der Waals surface area (Å²) in [6.07, 6.45) is 8.22. The average molecular weight is 274 g/mol. The maximum Gasteiger partial charge on any atom is 0.0314 e. The zero-order valence-electron chi connectivity index (χ0n) is 13.1. The van der Waals surface area contributed by atoms with Crippen LogP contribution in [0.3, 0.4) is 0 Å². The largest absolute Gasteiger partial charge is 0.399 e. The number of rotatable bonds is 7. The predicted molar refractivity (Wildman–Crippen MR) is 87.9 cm³/mol. The molecule has 112 valence electrons. The van der Waals surface area contributed by atoms with E-state index in [1.165, 1.54) is 50.6 Å². The van der Waals surface area contributed by atoms with Crippen LogP contribution in [-0.4, -0.2) is 13.1 Å². The monoisotopic (exact) mass is 274 g/mol. The van der Waals surface area contributed by atoms with Gasteiger partial charge in [0.15, 0.2) is 0 Å². The average Bonchev–Trinajstić information content (AvgIpc) is 2.93. The lowest BCUT2D eigenvalue weighted by Gasteiger charge is -2.28. The van der Waals surface area contributed by atoms with E-state index >= 15 is 0 Å². The first-order valence-electron chi connectivity index (χ1n) is 8.21. The Kier molecular flexibility index (Phi) is 5.47. The van der Waals surface area contributed by atoms with Gasteiger partial charge in [-0.3, -0.25) is 0 Å². The van der Waals surface area contributed by atoms with E-state index in [0.29, 0.717) is 11.3 Å². The lowest BCUT2D eigenvalue weighted by atomic mass is 9.83. The van der Waals surface area contributed by atoms with Crippen LogP contribution in [0.2, 0.25) is 0 Å². The lowest BCUT2D eigenvalue weighted by molar-refractivity contribution is 0.268. The van der Waals surface area contributed by atoms with Crippen molar-refractivity contribution in [1.82, 2.24) is 5.32 Å². The summed E-state index contributed by atoms with van der Waals surface area (Å²) in [6, 6.07) is 8.32. The Morgan fingerprint density at radius 1 is 1.20 bits per heavy atom. The number of hydrogen-bond acceptors (Lipinski definition) is 2. The molecule has 0 amide bonds. The van der Waals surface area contributed by atoms with Crippen molar-refractivity contribution in [2.45, 2.75) is 58.3 Å². The molecule has 0 bridgehead atoms. The Labute approximate surface area is 124 Å². The van der Waals surface area contributed by atoms with Crippen molar-refractivity contribution in [2.75, 3.05) is 18.8 Å². The molecule has 1 aliphatic carbocycles. The summed E-state index contributed by atoms with van der Waals surface area (Å²) in [7, 11) is 0. The molecule has 2 heteroatoms. The number of nitrogens with one attached hydrogen (secondary N) is 1. The van der Waals surface area contributed by atoms with Crippen LogP contribution in [0.1, 0.15) is 63.9 Å². The maximum atomic E-state index is 5.74. The molecule has 0 aliphatic heterocycles. The molecule has 3 N–H and O–H groups in total. The molecule has 2 rings (SSSR count). The van der Waals surface area contributed by atoms with Crippen molar-refractivity contribution in [1.29, 1.82) is 0 Å². The maximum absolute atomic E-state index is 5.74. The standard InChI is InChI=1S/C18H30N2/c1-3-18(11-4-5-12-18)14-20-13-10-15(2)16-6-8-17(19)9-7-16/h6-9,15,20H,3-5,10-14,19H2,1-2H3. The molecule has 20 heavy (non-hydrogen) atoms. The predicted octanol–water partition coefficient (Wildman–Crippen LogP) is 4.32. The number of nitrogen functional groups attached to an aromatic ring is 1. The van der Waals surface area contributed by atoms with E-state index in [1.54, 1.807) is 0 Å². The first kappa shape index (κ1) is 15.4. The number of nitrogens with two attached hydrogens (primary N) is 1. The van der Waals surface area contributed by atoms with E-state index in [4.69, 9.17) is 5.73 Å². The molecule has 2 nitrogen and oxygen atoms in total. The van der Waals surface area contributed by atoms with Crippen molar-refractivity contribution in [3.05, 3.63) is 29.8 Å². The van der Waals surface area contributed by atoms with Gasteiger partial charge in [-0.1, -0.05) is 38.8 Å². The van der Waals surface area contributed by atoms with Gasteiger partial charge in [0.1, 0.15) is 0 Å². The number of hydrogen-bond donors (Lipinski definition) is 2. The van der Waals surface area contributed by atoms with E-state index in [9.17, 15) is 0 Å². The van der Waals surface area contributed by atoms with Crippen molar-refractivity contribution in [3.63, 3.8) is 0 Å². The molecule has 1 aromatic carbocycles. The van der Waals surface area contributed by atoms with E-state index in [1.807, 2.05) is 12.1 Å². The van der Waals surface area contributed by atoms with Crippen LogP contribution in [-0.2, 0) is 0 Å². The third-order valence-electron chi connectivity index (χ3n) is 5.17. The van der Waals surface area contributed by atoms with E-state index < -0.39 is 0 Å². The van der Waals surface area contributed by atoms with Crippen molar-refractivity contribution >= 4 is 5.69 Å². The van der Waals surface area contributed by atoms with Gasteiger partial charge in [0.25, 0.3) is 0 Å². The third-order valence-corrected chi connectivity index (χ3v) is 5.17. The fraction of sp³-hybridized carbons (Fsp3) is 0.667. The molecule has 0 saturated heterocycles. The van der Waals surface area contributed by atoms with Gasteiger partial charge in [-0.25, -0.2) is 0 Å². The Hall–Kier alpha value is -1.02. The van der Waals surface area contributed by atoms with Gasteiger partial charge in [-0.2, -0.15) is 0 Å². The zero-order chi connectivity index (χ0) is 14.4. The second-order valence-electron chi connectivity index (χ2n) is 6.59. The van der Waals surface area contributed by atoms with Crippen LogP contribution in [0.5, 0.6) is 0 Å². The van der Waals surface area contributed by atoms with Crippen LogP contribution in [0, 0.1) is 5.41 Å². The molecular formula is C18H30N2. The SMILES string of the molecule is CCC1(CNCCC(C)c2ccc(N)cc2)CCCC1.